The van der Waals surface area contributed by atoms with Crippen LogP contribution in [0.1, 0.15) is 59.4 Å². The summed E-state index contributed by atoms with van der Waals surface area (Å²) in [7, 11) is 1.22. The molecule has 1 aliphatic heterocycles. The van der Waals surface area contributed by atoms with E-state index >= 15 is 0 Å². The Hall–Kier alpha value is -2.21. The smallest absolute Gasteiger partial charge is 0.249 e. The van der Waals surface area contributed by atoms with Gasteiger partial charge in [-0.3, -0.25) is 14.4 Å². The van der Waals surface area contributed by atoms with Crippen molar-refractivity contribution in [3.63, 3.8) is 0 Å². The van der Waals surface area contributed by atoms with E-state index in [9.17, 15) is 19.5 Å². The first-order chi connectivity index (χ1) is 16.5. The third kappa shape index (κ3) is 4.49. The molecule has 1 aromatic rings. The number of hydrogen-bond acceptors (Lipinski definition) is 4. The van der Waals surface area contributed by atoms with Crippen molar-refractivity contribution in [2.24, 2.45) is 11.8 Å². The Balaban J connectivity index is 2.47. The summed E-state index contributed by atoms with van der Waals surface area (Å²) < 4.78 is 86.8. The lowest BCUT2D eigenvalue weighted by Gasteiger charge is -2.24. The molecule has 2 N–H and O–H groups in total. The molecule has 0 aliphatic carbocycles. The maximum absolute atomic E-state index is 13.1. The monoisotopic (exact) mass is 371 g/mol. The summed E-state index contributed by atoms with van der Waals surface area (Å²) in [4.78, 5) is 39.6. The van der Waals surface area contributed by atoms with Gasteiger partial charge >= 0.3 is 0 Å². The molecule has 2 rings (SSSR count). The minimum Gasteiger partial charge on any atom is -0.385 e. The molecule has 1 unspecified atom stereocenters. The predicted molar refractivity (Wildman–Crippen MR) is 98.3 cm³/mol. The highest BCUT2D eigenvalue weighted by atomic mass is 16.3. The van der Waals surface area contributed by atoms with E-state index in [1.807, 2.05) is 0 Å². The molecule has 1 heterocycles. The molecule has 0 saturated carbocycles. The van der Waals surface area contributed by atoms with Crippen LogP contribution in [0.5, 0.6) is 0 Å². The molecule has 0 radical (unpaired) electrons. The van der Waals surface area contributed by atoms with Crippen LogP contribution in [0.3, 0.4) is 0 Å². The molecule has 4 atom stereocenters. The van der Waals surface area contributed by atoms with Gasteiger partial charge in [-0.05, 0) is 23.4 Å². The highest BCUT2D eigenvalue weighted by Crippen LogP contribution is 2.25. The van der Waals surface area contributed by atoms with Crippen molar-refractivity contribution < 1.29 is 34.6 Å². The fourth-order valence-corrected chi connectivity index (χ4v) is 2.39. The normalized spacial score (nSPS) is 31.5. The molecule has 6 heteroatoms. The number of ketones is 1. The zero-order valence-electron chi connectivity index (χ0n) is 25.7. The standard InChI is InChI=1S/C20H28N2O4/c1-12(2)18(24)16(23)11-13(3)19(25)21-17-15-8-6-5-7-14(15)9-10-22(4)20(17)26/h5-8,12-13,17-18,24H,9-11H2,1-4H3,(H,21,25)/t13-,17+,18+/m1/s1/i1D3,5D,6D,7D,8D,9D2,12D,18D/t12?,13-,17+,18+. The molecule has 0 fully saturated rings. The summed E-state index contributed by atoms with van der Waals surface area (Å²) in [5.74, 6) is -7.67. The van der Waals surface area contributed by atoms with Crippen LogP contribution in [-0.4, -0.2) is 47.3 Å². The van der Waals surface area contributed by atoms with Gasteiger partial charge in [0.2, 0.25) is 11.8 Å². The van der Waals surface area contributed by atoms with E-state index in [2.05, 4.69) is 5.32 Å². The largest absolute Gasteiger partial charge is 0.385 e. The highest BCUT2D eigenvalue weighted by Gasteiger charge is 2.32. The van der Waals surface area contributed by atoms with E-state index in [0.29, 0.717) is 6.92 Å². The molecule has 2 amide bonds. The van der Waals surface area contributed by atoms with Crippen LogP contribution in [-0.2, 0) is 20.8 Å². The average molecular weight is 372 g/mol. The van der Waals surface area contributed by atoms with Gasteiger partial charge in [0.15, 0.2) is 5.78 Å². The Labute approximate surface area is 170 Å². The molecular weight excluding hydrogens is 332 g/mol. The Kier molecular flexibility index (Phi) is 3.13. The maximum Gasteiger partial charge on any atom is 0.249 e. The lowest BCUT2D eigenvalue weighted by atomic mass is 9.94. The lowest BCUT2D eigenvalue weighted by molar-refractivity contribution is -0.137. The molecule has 0 aromatic heterocycles. The van der Waals surface area contributed by atoms with Crippen molar-refractivity contribution in [3.8, 4) is 0 Å². The summed E-state index contributed by atoms with van der Waals surface area (Å²) in [5.41, 5.74) is -0.983. The first-order valence-corrected chi connectivity index (χ1v) is 7.92. The third-order valence-electron chi connectivity index (χ3n) is 3.97. The minimum atomic E-state index is -3.41. The van der Waals surface area contributed by atoms with E-state index in [0.717, 1.165) is 4.90 Å². The first kappa shape index (κ1) is 9.65. The maximum atomic E-state index is 13.1. The second-order valence-corrected chi connectivity index (χ2v) is 6.10. The number of likely N-dealkylation sites (N-methyl/N-ethyl adjacent to an activating group) is 1. The topological polar surface area (TPSA) is 86.7 Å². The number of rotatable bonds is 6. The Morgan fingerprint density at radius 3 is 2.88 bits per heavy atom. The molecule has 1 aliphatic rings. The van der Waals surface area contributed by atoms with E-state index in [1.54, 1.807) is 0 Å². The molecule has 142 valence electrons. The molecule has 0 saturated heterocycles. The number of nitrogens with one attached hydrogen (secondary N) is 1. The van der Waals surface area contributed by atoms with Crippen LogP contribution in [0.25, 0.3) is 0 Å². The molecule has 0 bridgehead atoms. The molecule has 0 spiro atoms. The van der Waals surface area contributed by atoms with Crippen molar-refractivity contribution in [2.75, 3.05) is 13.6 Å². The Bertz CT molecular complexity index is 1130. The Morgan fingerprint density at radius 1 is 1.50 bits per heavy atom. The van der Waals surface area contributed by atoms with Crippen molar-refractivity contribution >= 4 is 17.6 Å². The second-order valence-electron chi connectivity index (χ2n) is 6.10. The summed E-state index contributed by atoms with van der Waals surface area (Å²) in [5, 5.41) is 12.6. The third-order valence-corrected chi connectivity index (χ3v) is 3.97. The number of carbonyl (C=O) groups excluding carboxylic acids is 3. The van der Waals surface area contributed by atoms with Gasteiger partial charge in [-0.25, -0.2) is 0 Å². The van der Waals surface area contributed by atoms with Gasteiger partial charge in [-0.1, -0.05) is 44.9 Å². The lowest BCUT2D eigenvalue weighted by Crippen LogP contribution is -2.43. The molecule has 26 heavy (non-hydrogen) atoms. The SMILES string of the molecule is [2H]c1c([2H])c([2H])c2c(c1[2H])[C@H](NC(=O)[C@H](C)CC(=O)[C@@]([2H])(O)C([2H])(C)C([2H])([2H])[2H])C(=O)N(C)CC2([2H])[2H]. The number of aliphatic hydroxyl groups is 1. The van der Waals surface area contributed by atoms with Crippen LogP contribution in [0, 0.1) is 11.8 Å². The number of benzene rings is 1. The van der Waals surface area contributed by atoms with E-state index in [4.69, 9.17) is 15.1 Å². The summed E-state index contributed by atoms with van der Waals surface area (Å²) in [6, 6.07) is -4.69. The fourth-order valence-electron chi connectivity index (χ4n) is 2.39. The van der Waals surface area contributed by atoms with Gasteiger partial charge in [0.1, 0.15) is 12.1 Å². The van der Waals surface area contributed by atoms with E-state index < -0.39 is 103 Å². The van der Waals surface area contributed by atoms with Gasteiger partial charge in [-0.15, -0.1) is 0 Å². The van der Waals surface area contributed by atoms with E-state index in [1.165, 1.54) is 14.0 Å². The zero-order chi connectivity index (χ0) is 29.0. The van der Waals surface area contributed by atoms with Crippen LogP contribution in [0.4, 0.5) is 0 Å². The van der Waals surface area contributed by atoms with Crippen LogP contribution in [0.15, 0.2) is 24.2 Å². The van der Waals surface area contributed by atoms with Gasteiger partial charge < -0.3 is 15.3 Å². The van der Waals surface area contributed by atoms with Gasteiger partial charge in [0.05, 0.1) is 6.85 Å². The van der Waals surface area contributed by atoms with Crippen LogP contribution in [0.2, 0.25) is 0 Å². The van der Waals surface area contributed by atoms with E-state index in [-0.39, 0.29) is 0 Å². The number of hydrogen-bond donors (Lipinski definition) is 2. The van der Waals surface area contributed by atoms with Crippen molar-refractivity contribution in [2.45, 2.75) is 45.6 Å². The molecular formula is C20H28N2O4. The van der Waals surface area contributed by atoms with Gasteiger partial charge in [0, 0.05) is 34.2 Å². The quantitative estimate of drug-likeness (QED) is 0.793. The van der Waals surface area contributed by atoms with Crippen molar-refractivity contribution in [1.82, 2.24) is 10.2 Å². The number of amides is 2. The highest BCUT2D eigenvalue weighted by molar-refractivity contribution is 5.92. The summed E-state index contributed by atoms with van der Waals surface area (Å²) in [6.07, 6.45) is -6.72. The van der Waals surface area contributed by atoms with Gasteiger partial charge in [-0.2, -0.15) is 0 Å². The van der Waals surface area contributed by atoms with Crippen LogP contribution < -0.4 is 5.32 Å². The van der Waals surface area contributed by atoms with Crippen molar-refractivity contribution in [1.29, 1.82) is 0 Å². The second kappa shape index (κ2) is 8.45. The van der Waals surface area contributed by atoms with Crippen molar-refractivity contribution in [3.05, 3.63) is 35.3 Å². The summed E-state index contributed by atoms with van der Waals surface area (Å²) >= 11 is 0. The number of nitrogens with zero attached hydrogens (tertiary/aromatic N) is 1. The first-order valence-electron chi connectivity index (χ1n) is 13.4. The predicted octanol–water partition coefficient (Wildman–Crippen LogP) is 1.47. The fraction of sp³-hybridized carbons (Fsp3) is 0.550. The van der Waals surface area contributed by atoms with Crippen LogP contribution >= 0.6 is 0 Å². The minimum absolute atomic E-state index is 0.477. The number of fused-ring (bicyclic) bond motifs is 1. The zero-order valence-corrected chi connectivity index (χ0v) is 14.7. The average Bonchev–Trinajstić information content (AvgIpc) is 2.82. The van der Waals surface area contributed by atoms with Gasteiger partial charge in [0.25, 0.3) is 0 Å². The Morgan fingerprint density at radius 2 is 2.19 bits per heavy atom. The summed E-state index contributed by atoms with van der Waals surface area (Å²) in [6.45, 7) is -1.93. The molecule has 6 nitrogen and oxygen atoms in total. The number of Topliss-reactive ketones (excluding diaryl/α,β-unsaturated/α-hetero) is 1. The number of carbonyl (C=O) groups is 3. The molecule has 1 aromatic carbocycles.